The molecule has 15 heavy (non-hydrogen) atoms. The van der Waals surface area contributed by atoms with Gasteiger partial charge in [-0.05, 0) is 11.4 Å². The Labute approximate surface area is 100.0 Å². The van der Waals surface area contributed by atoms with E-state index in [4.69, 9.17) is 4.74 Å². The lowest BCUT2D eigenvalue weighted by Gasteiger charge is -2.06. The summed E-state index contributed by atoms with van der Waals surface area (Å²) in [7, 11) is 1.40. The first kappa shape index (κ1) is 12.2. The van der Waals surface area contributed by atoms with Crippen LogP contribution in [0.3, 0.4) is 0 Å². The highest BCUT2D eigenvalue weighted by Crippen LogP contribution is 2.28. The van der Waals surface area contributed by atoms with Crippen molar-refractivity contribution in [3.63, 3.8) is 0 Å². The van der Waals surface area contributed by atoms with E-state index in [2.05, 4.69) is 32.8 Å². The highest BCUT2D eigenvalue weighted by Gasteiger charge is 2.13. The molecular formula is C9H10BrNO3S. The lowest BCUT2D eigenvalue weighted by Crippen LogP contribution is -2.22. The number of alkyl halides is 1. The predicted molar refractivity (Wildman–Crippen MR) is 61.9 cm³/mol. The van der Waals surface area contributed by atoms with Crippen LogP contribution in [0.1, 0.15) is 5.56 Å². The van der Waals surface area contributed by atoms with Gasteiger partial charge in [0, 0.05) is 10.9 Å². The SMILES string of the molecule is C=C(NOC)C(=O)Oc1sccc1CBr. The van der Waals surface area contributed by atoms with Gasteiger partial charge in [0.2, 0.25) is 0 Å². The molecule has 0 bridgehead atoms. The number of halogens is 1. The molecule has 0 aliphatic heterocycles. The molecule has 0 spiro atoms. The number of esters is 1. The Morgan fingerprint density at radius 2 is 2.47 bits per heavy atom. The van der Waals surface area contributed by atoms with Crippen molar-refractivity contribution in [3.8, 4) is 5.06 Å². The van der Waals surface area contributed by atoms with Gasteiger partial charge in [0.1, 0.15) is 5.70 Å². The number of thiophene rings is 1. The summed E-state index contributed by atoms with van der Waals surface area (Å²) in [5.41, 5.74) is 3.31. The molecule has 0 atom stereocenters. The Morgan fingerprint density at radius 3 is 3.07 bits per heavy atom. The molecule has 0 saturated carbocycles. The van der Waals surface area contributed by atoms with Crippen LogP contribution in [0.15, 0.2) is 23.7 Å². The highest BCUT2D eigenvalue weighted by molar-refractivity contribution is 9.08. The number of rotatable bonds is 5. The van der Waals surface area contributed by atoms with Crippen molar-refractivity contribution in [2.24, 2.45) is 0 Å². The van der Waals surface area contributed by atoms with Crippen LogP contribution in [0.4, 0.5) is 0 Å². The van der Waals surface area contributed by atoms with Crippen LogP contribution in [-0.2, 0) is 15.0 Å². The van der Waals surface area contributed by atoms with E-state index in [1.165, 1.54) is 18.4 Å². The lowest BCUT2D eigenvalue weighted by atomic mass is 10.4. The van der Waals surface area contributed by atoms with E-state index in [0.717, 1.165) is 5.56 Å². The number of ether oxygens (including phenoxy) is 1. The molecule has 0 aliphatic carbocycles. The first-order valence-corrected chi connectivity index (χ1v) is 6.01. The number of hydrogen-bond acceptors (Lipinski definition) is 5. The van der Waals surface area contributed by atoms with Gasteiger partial charge in [0.25, 0.3) is 0 Å². The second-order valence-electron chi connectivity index (χ2n) is 2.54. The maximum Gasteiger partial charge on any atom is 0.362 e. The minimum absolute atomic E-state index is 0.0615. The molecule has 1 heterocycles. The second kappa shape index (κ2) is 5.89. The third-order valence-corrected chi connectivity index (χ3v) is 2.94. The van der Waals surface area contributed by atoms with E-state index in [-0.39, 0.29) is 5.70 Å². The van der Waals surface area contributed by atoms with Crippen LogP contribution in [0, 0.1) is 0 Å². The average Bonchev–Trinajstić information content (AvgIpc) is 2.65. The van der Waals surface area contributed by atoms with Crippen LogP contribution in [-0.4, -0.2) is 13.1 Å². The second-order valence-corrected chi connectivity index (χ2v) is 3.98. The third kappa shape index (κ3) is 3.33. The Bertz CT molecular complexity index is 364. The quantitative estimate of drug-likeness (QED) is 0.391. The van der Waals surface area contributed by atoms with Gasteiger partial charge in [-0.3, -0.25) is 10.3 Å². The maximum absolute atomic E-state index is 11.4. The Morgan fingerprint density at radius 1 is 1.73 bits per heavy atom. The maximum atomic E-state index is 11.4. The summed E-state index contributed by atoms with van der Waals surface area (Å²) in [5.74, 6) is -0.554. The van der Waals surface area contributed by atoms with Crippen molar-refractivity contribution in [1.82, 2.24) is 5.48 Å². The van der Waals surface area contributed by atoms with Crippen LogP contribution in [0.2, 0.25) is 0 Å². The highest BCUT2D eigenvalue weighted by atomic mass is 79.9. The first-order chi connectivity index (χ1) is 7.19. The standard InChI is InChI=1S/C9H10BrNO3S/c1-6(11-13-2)8(12)14-9-7(5-10)3-4-15-9/h3-4,11H,1,5H2,2H3. The molecule has 1 rings (SSSR count). The van der Waals surface area contributed by atoms with E-state index in [1.54, 1.807) is 0 Å². The summed E-state index contributed by atoms with van der Waals surface area (Å²) in [6, 6.07) is 1.88. The van der Waals surface area contributed by atoms with Gasteiger partial charge in [-0.2, -0.15) is 0 Å². The molecule has 0 aromatic carbocycles. The van der Waals surface area contributed by atoms with Crippen molar-refractivity contribution in [2.75, 3.05) is 7.11 Å². The summed E-state index contributed by atoms with van der Waals surface area (Å²) in [5, 5.41) is 3.06. The minimum atomic E-state index is -0.554. The summed E-state index contributed by atoms with van der Waals surface area (Å²) in [6.07, 6.45) is 0. The van der Waals surface area contributed by atoms with Crippen LogP contribution >= 0.6 is 27.3 Å². The molecule has 0 unspecified atom stereocenters. The molecule has 82 valence electrons. The van der Waals surface area contributed by atoms with Gasteiger partial charge in [-0.1, -0.05) is 22.5 Å². The number of hydrogen-bond donors (Lipinski definition) is 1. The third-order valence-electron chi connectivity index (χ3n) is 1.51. The van der Waals surface area contributed by atoms with Gasteiger partial charge in [0.15, 0.2) is 5.06 Å². The molecule has 0 saturated heterocycles. The fourth-order valence-corrected chi connectivity index (χ4v) is 2.22. The Balaban J connectivity index is 2.62. The van der Waals surface area contributed by atoms with E-state index >= 15 is 0 Å². The van der Waals surface area contributed by atoms with Gasteiger partial charge < -0.3 is 4.74 Å². The zero-order valence-electron chi connectivity index (χ0n) is 8.08. The Kier molecular flexibility index (Phi) is 4.80. The topological polar surface area (TPSA) is 47.6 Å². The summed E-state index contributed by atoms with van der Waals surface area (Å²) in [6.45, 7) is 3.46. The summed E-state index contributed by atoms with van der Waals surface area (Å²) in [4.78, 5) is 15.9. The van der Waals surface area contributed by atoms with E-state index in [9.17, 15) is 4.79 Å². The number of hydroxylamine groups is 1. The normalized spacial score (nSPS) is 9.73. The van der Waals surface area contributed by atoms with Gasteiger partial charge in [-0.25, -0.2) is 4.79 Å². The van der Waals surface area contributed by atoms with Crippen molar-refractivity contribution in [3.05, 3.63) is 29.3 Å². The van der Waals surface area contributed by atoms with Gasteiger partial charge in [0.05, 0.1) is 7.11 Å². The predicted octanol–water partition coefficient (Wildman–Crippen LogP) is 2.21. The molecule has 1 aromatic rings. The molecule has 0 amide bonds. The molecule has 6 heteroatoms. The monoisotopic (exact) mass is 291 g/mol. The average molecular weight is 292 g/mol. The number of nitrogens with one attached hydrogen (secondary N) is 1. The fourth-order valence-electron chi connectivity index (χ4n) is 0.821. The smallest absolute Gasteiger partial charge is 0.362 e. The lowest BCUT2D eigenvalue weighted by molar-refractivity contribution is -0.131. The van der Waals surface area contributed by atoms with E-state index < -0.39 is 5.97 Å². The van der Waals surface area contributed by atoms with Crippen molar-refractivity contribution in [1.29, 1.82) is 0 Å². The summed E-state index contributed by atoms with van der Waals surface area (Å²) < 4.78 is 5.10. The van der Waals surface area contributed by atoms with Crippen molar-refractivity contribution < 1.29 is 14.4 Å². The summed E-state index contributed by atoms with van der Waals surface area (Å²) >= 11 is 4.65. The molecule has 1 N–H and O–H groups in total. The Hall–Kier alpha value is -0.850. The molecule has 0 aliphatic rings. The van der Waals surface area contributed by atoms with Crippen LogP contribution in [0.5, 0.6) is 5.06 Å². The molecule has 1 aromatic heterocycles. The largest absolute Gasteiger partial charge is 0.410 e. The minimum Gasteiger partial charge on any atom is -0.410 e. The zero-order valence-corrected chi connectivity index (χ0v) is 10.5. The zero-order chi connectivity index (χ0) is 11.3. The van der Waals surface area contributed by atoms with E-state index in [0.29, 0.717) is 10.4 Å². The molecular weight excluding hydrogens is 282 g/mol. The van der Waals surface area contributed by atoms with Crippen molar-refractivity contribution in [2.45, 2.75) is 5.33 Å². The molecule has 0 radical (unpaired) electrons. The fraction of sp³-hybridized carbons (Fsp3) is 0.222. The molecule has 4 nitrogen and oxygen atoms in total. The van der Waals surface area contributed by atoms with Gasteiger partial charge in [-0.15, -0.1) is 11.3 Å². The van der Waals surface area contributed by atoms with Gasteiger partial charge >= 0.3 is 5.97 Å². The van der Waals surface area contributed by atoms with E-state index in [1.807, 2.05) is 11.4 Å². The first-order valence-electron chi connectivity index (χ1n) is 4.01. The number of carbonyl (C=O) groups excluding carboxylic acids is 1. The molecule has 0 fully saturated rings. The van der Waals surface area contributed by atoms with Crippen LogP contribution < -0.4 is 10.2 Å². The number of carbonyl (C=O) groups is 1. The van der Waals surface area contributed by atoms with Crippen LogP contribution in [0.25, 0.3) is 0 Å². The van der Waals surface area contributed by atoms with Crippen molar-refractivity contribution >= 4 is 33.2 Å².